The average molecular weight is 438 g/mol. The summed E-state index contributed by atoms with van der Waals surface area (Å²) >= 11 is 12.4. The maximum Gasteiger partial charge on any atom is 0.294 e. The summed E-state index contributed by atoms with van der Waals surface area (Å²) in [6, 6.07) is 8.35. The van der Waals surface area contributed by atoms with Gasteiger partial charge in [0, 0.05) is 32.2 Å². The van der Waals surface area contributed by atoms with E-state index in [1.54, 1.807) is 23.1 Å². The summed E-state index contributed by atoms with van der Waals surface area (Å²) in [4.78, 5) is 26.9. The van der Waals surface area contributed by atoms with Gasteiger partial charge in [0.2, 0.25) is 0 Å². The number of nitro groups is 1. The number of carbonyl (C=O) groups is 1. The third-order valence-corrected chi connectivity index (χ3v) is 5.41. The van der Waals surface area contributed by atoms with E-state index in [0.717, 1.165) is 11.1 Å². The number of halogens is 2. The Labute approximate surface area is 178 Å². The highest BCUT2D eigenvalue weighted by atomic mass is 35.5. The van der Waals surface area contributed by atoms with Crippen molar-refractivity contribution in [3.05, 3.63) is 61.6 Å². The third kappa shape index (κ3) is 4.74. The minimum absolute atomic E-state index is 0.0369. The van der Waals surface area contributed by atoms with E-state index in [0.29, 0.717) is 47.7 Å². The summed E-state index contributed by atoms with van der Waals surface area (Å²) in [7, 11) is 0. The van der Waals surface area contributed by atoms with Crippen LogP contribution >= 0.6 is 23.2 Å². The lowest BCUT2D eigenvalue weighted by Gasteiger charge is -2.36. The summed E-state index contributed by atoms with van der Waals surface area (Å²) in [5.74, 6) is 0.352. The standard InChI is InChI=1S/C20H21Cl2N3O4/c1-13-10-14(2)20(16(22)11-13)29-12-18(26)23-6-8-24(9-7-23)19-15(21)4-3-5-17(19)25(27)28/h3-5,10-11H,6-9,12H2,1-2H3. The van der Waals surface area contributed by atoms with Gasteiger partial charge in [0.15, 0.2) is 6.61 Å². The zero-order chi connectivity index (χ0) is 21.1. The van der Waals surface area contributed by atoms with Gasteiger partial charge in [-0.2, -0.15) is 0 Å². The van der Waals surface area contributed by atoms with Gasteiger partial charge in [-0.15, -0.1) is 0 Å². The molecule has 1 fully saturated rings. The van der Waals surface area contributed by atoms with Crippen molar-refractivity contribution in [2.45, 2.75) is 13.8 Å². The molecule has 0 saturated carbocycles. The fourth-order valence-electron chi connectivity index (χ4n) is 3.45. The van der Waals surface area contributed by atoms with Crippen molar-refractivity contribution >= 4 is 40.5 Å². The molecular formula is C20H21Cl2N3O4. The first-order valence-electron chi connectivity index (χ1n) is 9.13. The third-order valence-electron chi connectivity index (χ3n) is 4.82. The predicted molar refractivity (Wildman–Crippen MR) is 113 cm³/mol. The molecule has 0 aliphatic carbocycles. The van der Waals surface area contributed by atoms with Gasteiger partial charge in [0.05, 0.1) is 15.0 Å². The quantitative estimate of drug-likeness (QED) is 0.516. The number of aryl methyl sites for hydroxylation is 2. The van der Waals surface area contributed by atoms with Crippen molar-refractivity contribution in [3.63, 3.8) is 0 Å². The second-order valence-electron chi connectivity index (χ2n) is 6.91. The van der Waals surface area contributed by atoms with Crippen LogP contribution in [0.25, 0.3) is 0 Å². The van der Waals surface area contributed by atoms with E-state index in [1.807, 2.05) is 24.8 Å². The molecule has 1 aliphatic rings. The molecule has 9 heteroatoms. The van der Waals surface area contributed by atoms with Gasteiger partial charge in [0.1, 0.15) is 11.4 Å². The van der Waals surface area contributed by atoms with E-state index in [-0.39, 0.29) is 18.2 Å². The highest BCUT2D eigenvalue weighted by molar-refractivity contribution is 6.33. The molecule has 154 valence electrons. The van der Waals surface area contributed by atoms with Crippen LogP contribution in [0.5, 0.6) is 5.75 Å². The topological polar surface area (TPSA) is 75.9 Å². The van der Waals surface area contributed by atoms with Gasteiger partial charge in [-0.25, -0.2) is 0 Å². The zero-order valence-corrected chi connectivity index (χ0v) is 17.7. The smallest absolute Gasteiger partial charge is 0.294 e. The lowest BCUT2D eigenvalue weighted by Crippen LogP contribution is -2.50. The number of para-hydroxylation sites is 1. The number of carbonyl (C=O) groups excluding carboxylic acids is 1. The Balaban J connectivity index is 1.62. The molecule has 0 radical (unpaired) electrons. The van der Waals surface area contributed by atoms with Crippen LogP contribution in [-0.2, 0) is 4.79 Å². The Morgan fingerprint density at radius 2 is 1.83 bits per heavy atom. The SMILES string of the molecule is Cc1cc(C)c(OCC(=O)N2CCN(c3c(Cl)cccc3[N+](=O)[O-])CC2)c(Cl)c1. The molecule has 2 aromatic carbocycles. The lowest BCUT2D eigenvalue weighted by molar-refractivity contribution is -0.384. The van der Waals surface area contributed by atoms with E-state index in [4.69, 9.17) is 27.9 Å². The van der Waals surface area contributed by atoms with Crippen LogP contribution in [0.2, 0.25) is 10.0 Å². The number of ether oxygens (including phenoxy) is 1. The fraction of sp³-hybridized carbons (Fsp3) is 0.350. The normalized spacial score (nSPS) is 14.1. The molecule has 2 aromatic rings. The van der Waals surface area contributed by atoms with Crippen LogP contribution in [0.1, 0.15) is 11.1 Å². The van der Waals surface area contributed by atoms with Gasteiger partial charge in [-0.05, 0) is 37.1 Å². The van der Waals surface area contributed by atoms with E-state index >= 15 is 0 Å². The molecule has 0 N–H and O–H groups in total. The number of rotatable bonds is 5. The number of nitrogens with zero attached hydrogens (tertiary/aromatic N) is 3. The maximum atomic E-state index is 12.6. The highest BCUT2D eigenvalue weighted by Gasteiger charge is 2.28. The molecule has 0 spiro atoms. The molecule has 1 saturated heterocycles. The van der Waals surface area contributed by atoms with Crippen molar-refractivity contribution in [1.82, 2.24) is 4.90 Å². The minimum atomic E-state index is -0.444. The molecule has 0 unspecified atom stereocenters. The van der Waals surface area contributed by atoms with Crippen LogP contribution in [-0.4, -0.2) is 48.5 Å². The second-order valence-corrected chi connectivity index (χ2v) is 7.73. The van der Waals surface area contributed by atoms with Crippen molar-refractivity contribution in [3.8, 4) is 5.75 Å². The predicted octanol–water partition coefficient (Wildman–Crippen LogP) is 4.25. The molecule has 1 aliphatic heterocycles. The molecule has 1 amide bonds. The summed E-state index contributed by atoms with van der Waals surface area (Å²) in [6.07, 6.45) is 0. The van der Waals surface area contributed by atoms with Gasteiger partial charge in [-0.1, -0.05) is 35.3 Å². The Morgan fingerprint density at radius 1 is 1.14 bits per heavy atom. The molecule has 0 atom stereocenters. The van der Waals surface area contributed by atoms with Crippen LogP contribution < -0.4 is 9.64 Å². The fourth-order valence-corrected chi connectivity index (χ4v) is 4.12. The van der Waals surface area contributed by atoms with Crippen LogP contribution in [0.4, 0.5) is 11.4 Å². The van der Waals surface area contributed by atoms with Crippen molar-refractivity contribution in [2.75, 3.05) is 37.7 Å². The largest absolute Gasteiger partial charge is 0.482 e. The Morgan fingerprint density at radius 3 is 2.45 bits per heavy atom. The molecule has 3 rings (SSSR count). The van der Waals surface area contributed by atoms with Crippen LogP contribution in [0, 0.1) is 24.0 Å². The number of piperazine rings is 1. The maximum absolute atomic E-state index is 12.6. The van der Waals surface area contributed by atoms with Crippen LogP contribution in [0.15, 0.2) is 30.3 Å². The number of anilines is 1. The Hall–Kier alpha value is -2.51. The Kier molecular flexibility index (Phi) is 6.49. The van der Waals surface area contributed by atoms with Crippen molar-refractivity contribution in [2.24, 2.45) is 0 Å². The first-order chi connectivity index (χ1) is 13.8. The lowest BCUT2D eigenvalue weighted by atomic mass is 10.1. The molecule has 7 nitrogen and oxygen atoms in total. The van der Waals surface area contributed by atoms with Crippen molar-refractivity contribution < 1.29 is 14.5 Å². The molecule has 0 bridgehead atoms. The monoisotopic (exact) mass is 437 g/mol. The summed E-state index contributed by atoms with van der Waals surface area (Å²) < 4.78 is 5.67. The summed E-state index contributed by atoms with van der Waals surface area (Å²) in [5.41, 5.74) is 2.25. The Bertz CT molecular complexity index is 920. The zero-order valence-electron chi connectivity index (χ0n) is 16.2. The number of hydrogen-bond acceptors (Lipinski definition) is 5. The average Bonchev–Trinajstić information content (AvgIpc) is 2.67. The first-order valence-corrected chi connectivity index (χ1v) is 9.88. The highest BCUT2D eigenvalue weighted by Crippen LogP contribution is 2.36. The van der Waals surface area contributed by atoms with Crippen molar-refractivity contribution in [1.29, 1.82) is 0 Å². The van der Waals surface area contributed by atoms with Crippen LogP contribution in [0.3, 0.4) is 0 Å². The molecule has 29 heavy (non-hydrogen) atoms. The second kappa shape index (κ2) is 8.88. The van der Waals surface area contributed by atoms with E-state index in [9.17, 15) is 14.9 Å². The molecular weight excluding hydrogens is 417 g/mol. The number of nitro benzene ring substituents is 1. The van der Waals surface area contributed by atoms with E-state index in [2.05, 4.69) is 0 Å². The molecule has 1 heterocycles. The van der Waals surface area contributed by atoms with Gasteiger partial charge in [-0.3, -0.25) is 14.9 Å². The summed E-state index contributed by atoms with van der Waals surface area (Å²) in [6.45, 7) is 5.44. The minimum Gasteiger partial charge on any atom is -0.482 e. The van der Waals surface area contributed by atoms with E-state index in [1.165, 1.54) is 6.07 Å². The summed E-state index contributed by atoms with van der Waals surface area (Å²) in [5, 5.41) is 12.1. The van der Waals surface area contributed by atoms with Gasteiger partial charge >= 0.3 is 0 Å². The number of amides is 1. The van der Waals surface area contributed by atoms with E-state index < -0.39 is 4.92 Å². The first kappa shape index (κ1) is 21.2. The molecule has 0 aromatic heterocycles. The van der Waals surface area contributed by atoms with Gasteiger partial charge < -0.3 is 14.5 Å². The number of benzene rings is 2. The number of hydrogen-bond donors (Lipinski definition) is 0. The van der Waals surface area contributed by atoms with Gasteiger partial charge in [0.25, 0.3) is 11.6 Å².